The lowest BCUT2D eigenvalue weighted by atomic mass is 10.1. The average molecular weight is 267 g/mol. The molecule has 0 aromatic heterocycles. The zero-order chi connectivity index (χ0) is 13.2. The van der Waals surface area contributed by atoms with Crippen molar-refractivity contribution in [3.8, 4) is 5.75 Å². The molecule has 1 rings (SSSR count). The second-order valence-corrected chi connectivity index (χ2v) is 5.42. The highest BCUT2D eigenvalue weighted by Crippen LogP contribution is 2.14. The van der Waals surface area contributed by atoms with Gasteiger partial charge in [-0.25, -0.2) is 0 Å². The summed E-state index contributed by atoms with van der Waals surface area (Å²) >= 11 is 1.88. The third-order valence-corrected chi connectivity index (χ3v) is 3.43. The maximum Gasteiger partial charge on any atom is 0.119 e. The van der Waals surface area contributed by atoms with E-state index in [1.54, 1.807) is 0 Å². The van der Waals surface area contributed by atoms with Crippen LogP contribution in [-0.2, 0) is 6.42 Å². The number of rotatable bonds is 8. The van der Waals surface area contributed by atoms with Crippen LogP contribution < -0.4 is 4.74 Å². The van der Waals surface area contributed by atoms with Gasteiger partial charge >= 0.3 is 0 Å². The molecule has 4 heteroatoms. The lowest BCUT2D eigenvalue weighted by Crippen LogP contribution is -2.00. The van der Waals surface area contributed by atoms with Crippen LogP contribution in [0.1, 0.15) is 25.8 Å². The van der Waals surface area contributed by atoms with Gasteiger partial charge in [0.15, 0.2) is 0 Å². The third kappa shape index (κ3) is 5.96. The van der Waals surface area contributed by atoms with Gasteiger partial charge in [0.05, 0.1) is 12.3 Å². The monoisotopic (exact) mass is 267 g/mol. The molecular formula is C14H21NO2S. The van der Waals surface area contributed by atoms with Crippen LogP contribution in [0.2, 0.25) is 0 Å². The first-order valence-electron chi connectivity index (χ1n) is 6.23. The Kier molecular flexibility index (Phi) is 7.34. The van der Waals surface area contributed by atoms with E-state index in [0.717, 1.165) is 42.4 Å². The molecule has 0 amide bonds. The van der Waals surface area contributed by atoms with Crippen LogP contribution >= 0.6 is 11.8 Å². The molecule has 0 saturated heterocycles. The Labute approximate surface area is 113 Å². The fourth-order valence-corrected chi connectivity index (χ4v) is 1.98. The van der Waals surface area contributed by atoms with E-state index in [1.807, 2.05) is 30.8 Å². The second-order valence-electron chi connectivity index (χ2n) is 4.02. The van der Waals surface area contributed by atoms with Gasteiger partial charge in [0, 0.05) is 5.75 Å². The number of hydrogen-bond acceptors (Lipinski definition) is 4. The molecule has 100 valence electrons. The number of thioether (sulfide) groups is 1. The minimum absolute atomic E-state index is 0.756. The predicted molar refractivity (Wildman–Crippen MR) is 78.2 cm³/mol. The SMILES string of the molecule is CCSCCOc1ccc(CC/C(C)=N/O)cc1. The Morgan fingerprint density at radius 1 is 1.33 bits per heavy atom. The molecule has 1 aromatic carbocycles. The van der Waals surface area contributed by atoms with Gasteiger partial charge < -0.3 is 9.94 Å². The first-order valence-corrected chi connectivity index (χ1v) is 7.38. The molecule has 0 atom stereocenters. The lowest BCUT2D eigenvalue weighted by molar-refractivity contribution is 0.317. The summed E-state index contributed by atoms with van der Waals surface area (Å²) in [6, 6.07) is 8.12. The minimum atomic E-state index is 0.756. The first kappa shape index (κ1) is 14.9. The summed E-state index contributed by atoms with van der Waals surface area (Å²) in [5.74, 6) is 3.08. The molecule has 18 heavy (non-hydrogen) atoms. The number of nitrogens with zero attached hydrogens (tertiary/aromatic N) is 1. The second kappa shape index (κ2) is 8.86. The summed E-state index contributed by atoms with van der Waals surface area (Å²) in [5.41, 5.74) is 1.99. The highest BCUT2D eigenvalue weighted by molar-refractivity contribution is 7.99. The number of hydrogen-bond donors (Lipinski definition) is 1. The van der Waals surface area contributed by atoms with Crippen molar-refractivity contribution in [1.29, 1.82) is 0 Å². The molecule has 0 bridgehead atoms. The van der Waals surface area contributed by atoms with Crippen molar-refractivity contribution in [2.75, 3.05) is 18.1 Å². The van der Waals surface area contributed by atoms with Crippen molar-refractivity contribution in [3.05, 3.63) is 29.8 Å². The number of aryl methyl sites for hydroxylation is 1. The van der Waals surface area contributed by atoms with E-state index in [4.69, 9.17) is 9.94 Å². The van der Waals surface area contributed by atoms with Gasteiger partial charge in [-0.3, -0.25) is 0 Å². The summed E-state index contributed by atoms with van der Waals surface area (Å²) in [5, 5.41) is 11.7. The van der Waals surface area contributed by atoms with Gasteiger partial charge in [-0.15, -0.1) is 0 Å². The Morgan fingerprint density at radius 3 is 2.67 bits per heavy atom. The van der Waals surface area contributed by atoms with Gasteiger partial charge in [-0.05, 0) is 43.2 Å². The van der Waals surface area contributed by atoms with Gasteiger partial charge in [-0.1, -0.05) is 24.2 Å². The molecule has 0 aliphatic carbocycles. The molecule has 0 spiro atoms. The van der Waals surface area contributed by atoms with Crippen molar-refractivity contribution in [1.82, 2.24) is 0 Å². The van der Waals surface area contributed by atoms with Crippen molar-refractivity contribution in [3.63, 3.8) is 0 Å². The largest absolute Gasteiger partial charge is 0.493 e. The highest BCUT2D eigenvalue weighted by atomic mass is 32.2. The van der Waals surface area contributed by atoms with Crippen molar-refractivity contribution in [2.24, 2.45) is 5.16 Å². The Balaban J connectivity index is 2.33. The number of oxime groups is 1. The van der Waals surface area contributed by atoms with Gasteiger partial charge in [-0.2, -0.15) is 11.8 Å². The Bertz CT molecular complexity index is 363. The fraction of sp³-hybridized carbons (Fsp3) is 0.500. The zero-order valence-corrected chi connectivity index (χ0v) is 11.9. The molecule has 3 nitrogen and oxygen atoms in total. The van der Waals surface area contributed by atoms with E-state index in [1.165, 1.54) is 5.56 Å². The predicted octanol–water partition coefficient (Wildman–Crippen LogP) is 3.60. The molecule has 0 aliphatic rings. The van der Waals surface area contributed by atoms with E-state index in [9.17, 15) is 0 Å². The summed E-state index contributed by atoms with van der Waals surface area (Å²) in [6.45, 7) is 4.73. The topological polar surface area (TPSA) is 41.8 Å². The minimum Gasteiger partial charge on any atom is -0.493 e. The molecule has 0 heterocycles. The molecule has 0 saturated carbocycles. The van der Waals surface area contributed by atoms with E-state index >= 15 is 0 Å². The van der Waals surface area contributed by atoms with E-state index in [2.05, 4.69) is 24.2 Å². The van der Waals surface area contributed by atoms with Crippen LogP contribution in [0.15, 0.2) is 29.4 Å². The molecule has 1 aromatic rings. The quantitative estimate of drug-likeness (QED) is 0.339. The third-order valence-electron chi connectivity index (χ3n) is 2.57. The van der Waals surface area contributed by atoms with Crippen LogP contribution in [0.4, 0.5) is 0 Å². The van der Waals surface area contributed by atoms with E-state index in [-0.39, 0.29) is 0 Å². The molecular weight excluding hydrogens is 246 g/mol. The molecule has 0 fully saturated rings. The van der Waals surface area contributed by atoms with Crippen LogP contribution in [0, 0.1) is 0 Å². The van der Waals surface area contributed by atoms with Crippen molar-refractivity contribution < 1.29 is 9.94 Å². The average Bonchev–Trinajstić information content (AvgIpc) is 2.42. The van der Waals surface area contributed by atoms with Crippen LogP contribution in [0.5, 0.6) is 5.75 Å². The van der Waals surface area contributed by atoms with Crippen LogP contribution in [0.3, 0.4) is 0 Å². The molecule has 0 radical (unpaired) electrons. The Hall–Kier alpha value is -1.16. The summed E-state index contributed by atoms with van der Waals surface area (Å²) in [4.78, 5) is 0. The van der Waals surface area contributed by atoms with Gasteiger partial charge in [0.25, 0.3) is 0 Å². The summed E-state index contributed by atoms with van der Waals surface area (Å²) in [7, 11) is 0. The van der Waals surface area contributed by atoms with E-state index < -0.39 is 0 Å². The zero-order valence-electron chi connectivity index (χ0n) is 11.1. The van der Waals surface area contributed by atoms with Crippen LogP contribution in [-0.4, -0.2) is 29.0 Å². The fourth-order valence-electron chi connectivity index (χ4n) is 1.49. The van der Waals surface area contributed by atoms with Crippen LogP contribution in [0.25, 0.3) is 0 Å². The normalized spacial score (nSPS) is 11.6. The maximum absolute atomic E-state index is 8.56. The molecule has 0 unspecified atom stereocenters. The molecule has 0 aliphatic heterocycles. The maximum atomic E-state index is 8.56. The first-order chi connectivity index (χ1) is 8.76. The summed E-state index contributed by atoms with van der Waals surface area (Å²) in [6.07, 6.45) is 1.67. The number of benzene rings is 1. The number of ether oxygens (including phenoxy) is 1. The Morgan fingerprint density at radius 2 is 2.06 bits per heavy atom. The molecule has 1 N–H and O–H groups in total. The van der Waals surface area contributed by atoms with Gasteiger partial charge in [0.2, 0.25) is 0 Å². The lowest BCUT2D eigenvalue weighted by Gasteiger charge is -2.06. The van der Waals surface area contributed by atoms with Crippen molar-refractivity contribution >= 4 is 17.5 Å². The highest BCUT2D eigenvalue weighted by Gasteiger charge is 1.98. The standard InChI is InChI=1S/C14H21NO2S/c1-3-18-11-10-17-14-8-6-13(7-9-14)5-4-12(2)15-16/h6-9,16H,3-5,10-11H2,1-2H3/b15-12+. The van der Waals surface area contributed by atoms with Gasteiger partial charge in [0.1, 0.15) is 5.75 Å². The van der Waals surface area contributed by atoms with E-state index in [0.29, 0.717) is 0 Å². The summed E-state index contributed by atoms with van der Waals surface area (Å²) < 4.78 is 5.63. The smallest absolute Gasteiger partial charge is 0.119 e. The van der Waals surface area contributed by atoms with Crippen molar-refractivity contribution in [2.45, 2.75) is 26.7 Å².